The maximum atomic E-state index is 12.6. The van der Waals surface area contributed by atoms with Crippen molar-refractivity contribution in [1.29, 1.82) is 0 Å². The Labute approximate surface area is 187 Å². The van der Waals surface area contributed by atoms with Crippen molar-refractivity contribution in [3.8, 4) is 5.75 Å². The van der Waals surface area contributed by atoms with E-state index in [1.807, 2.05) is 31.2 Å². The summed E-state index contributed by atoms with van der Waals surface area (Å²) in [7, 11) is -0.447. The smallest absolute Gasteiger partial charge is 0.322 e. The van der Waals surface area contributed by atoms with Crippen LogP contribution in [-0.4, -0.2) is 49.5 Å². The van der Waals surface area contributed by atoms with Gasteiger partial charge in [-0.2, -0.15) is 0 Å². The van der Waals surface area contributed by atoms with E-state index in [2.05, 4.69) is 15.5 Å². The van der Waals surface area contributed by atoms with E-state index < -0.39 is 15.9 Å². The first-order valence-corrected chi connectivity index (χ1v) is 11.6. The number of carbonyl (C=O) groups is 1. The summed E-state index contributed by atoms with van der Waals surface area (Å²) < 4.78 is 37.1. The maximum Gasteiger partial charge on any atom is 0.322 e. The van der Waals surface area contributed by atoms with E-state index in [0.29, 0.717) is 18.9 Å². The number of aromatic nitrogens is 2. The van der Waals surface area contributed by atoms with Crippen LogP contribution < -0.4 is 10.1 Å². The van der Waals surface area contributed by atoms with Crippen molar-refractivity contribution in [1.82, 2.24) is 14.5 Å². The van der Waals surface area contributed by atoms with E-state index in [1.54, 1.807) is 14.2 Å². The minimum absolute atomic E-state index is 0.0329. The summed E-state index contributed by atoms with van der Waals surface area (Å²) in [5, 5.41) is 10.3. The molecule has 0 aliphatic heterocycles. The molecule has 0 fully saturated rings. The van der Waals surface area contributed by atoms with Crippen LogP contribution in [0.15, 0.2) is 57.8 Å². The van der Waals surface area contributed by atoms with Crippen molar-refractivity contribution in [2.75, 3.05) is 26.0 Å². The van der Waals surface area contributed by atoms with Crippen LogP contribution in [0.4, 0.5) is 6.01 Å². The molecule has 1 N–H and O–H groups in total. The third-order valence-electron chi connectivity index (χ3n) is 4.85. The number of ether oxygens (including phenoxy) is 1. The zero-order valence-electron chi connectivity index (χ0n) is 18.2. The second kappa shape index (κ2) is 10.4. The maximum absolute atomic E-state index is 12.6. The normalized spacial score (nSPS) is 11.5. The predicted molar refractivity (Wildman–Crippen MR) is 119 cm³/mol. The first-order chi connectivity index (χ1) is 15.3. The van der Waals surface area contributed by atoms with Crippen LogP contribution in [0.3, 0.4) is 0 Å². The van der Waals surface area contributed by atoms with Crippen LogP contribution in [0.25, 0.3) is 0 Å². The summed E-state index contributed by atoms with van der Waals surface area (Å²) in [5.74, 6) is 0.619. The standard InChI is InChI=1S/C22H26N4O5S/c1-4-5-14-26(2)32(28,29)19-12-8-17(9-13-19)21(27)23-22-25-24-20(31-22)15-16-6-10-18(30-3)11-7-16/h6-13H,4-5,14-15H2,1-3H3,(H,23,25,27). The van der Waals surface area contributed by atoms with Crippen molar-refractivity contribution in [2.24, 2.45) is 0 Å². The van der Waals surface area contributed by atoms with Crippen LogP contribution in [0.5, 0.6) is 5.75 Å². The molecule has 1 heterocycles. The molecule has 1 amide bonds. The van der Waals surface area contributed by atoms with Gasteiger partial charge in [0.1, 0.15) is 5.75 Å². The highest BCUT2D eigenvalue weighted by molar-refractivity contribution is 7.89. The Bertz CT molecular complexity index is 1140. The SMILES string of the molecule is CCCCN(C)S(=O)(=O)c1ccc(C(=O)Nc2nnc(Cc3ccc(OC)cc3)o2)cc1. The number of amides is 1. The number of sulfonamides is 1. The second-order valence-electron chi connectivity index (χ2n) is 7.18. The van der Waals surface area contributed by atoms with Gasteiger partial charge in [-0.1, -0.05) is 30.6 Å². The Balaban J connectivity index is 1.62. The zero-order chi connectivity index (χ0) is 23.1. The van der Waals surface area contributed by atoms with E-state index in [-0.39, 0.29) is 16.5 Å². The van der Waals surface area contributed by atoms with Crippen LogP contribution in [0, 0.1) is 0 Å². The largest absolute Gasteiger partial charge is 0.497 e. The topological polar surface area (TPSA) is 115 Å². The van der Waals surface area contributed by atoms with Gasteiger partial charge in [0, 0.05) is 19.2 Å². The van der Waals surface area contributed by atoms with Crippen LogP contribution in [0.2, 0.25) is 0 Å². The summed E-state index contributed by atoms with van der Waals surface area (Å²) in [6.07, 6.45) is 2.09. The second-order valence-corrected chi connectivity index (χ2v) is 9.23. The molecule has 0 bridgehead atoms. The Kier molecular flexibility index (Phi) is 7.60. The minimum atomic E-state index is -3.59. The molecular formula is C22H26N4O5S. The van der Waals surface area contributed by atoms with Gasteiger partial charge in [0.25, 0.3) is 5.91 Å². The number of rotatable bonds is 10. The number of nitrogens with zero attached hydrogens (tertiary/aromatic N) is 3. The first kappa shape index (κ1) is 23.4. The summed E-state index contributed by atoms with van der Waals surface area (Å²) in [4.78, 5) is 12.6. The van der Waals surface area contributed by atoms with Crippen molar-refractivity contribution in [3.63, 3.8) is 0 Å². The lowest BCUT2D eigenvalue weighted by atomic mass is 10.1. The molecule has 2 aromatic carbocycles. The quantitative estimate of drug-likeness (QED) is 0.495. The molecule has 32 heavy (non-hydrogen) atoms. The lowest BCUT2D eigenvalue weighted by Crippen LogP contribution is -2.28. The lowest BCUT2D eigenvalue weighted by Gasteiger charge is -2.16. The molecule has 9 nitrogen and oxygen atoms in total. The molecular weight excluding hydrogens is 432 g/mol. The Morgan fingerprint density at radius 3 is 2.41 bits per heavy atom. The van der Waals surface area contributed by atoms with E-state index in [4.69, 9.17) is 9.15 Å². The first-order valence-electron chi connectivity index (χ1n) is 10.2. The molecule has 0 spiro atoms. The van der Waals surface area contributed by atoms with Gasteiger partial charge >= 0.3 is 6.01 Å². The number of benzene rings is 2. The summed E-state index contributed by atoms with van der Waals surface area (Å²) in [5.41, 5.74) is 1.23. The highest BCUT2D eigenvalue weighted by Gasteiger charge is 2.21. The van der Waals surface area contributed by atoms with Crippen molar-refractivity contribution in [2.45, 2.75) is 31.1 Å². The van der Waals surface area contributed by atoms with Crippen LogP contribution >= 0.6 is 0 Å². The molecule has 0 atom stereocenters. The molecule has 0 aliphatic rings. The van der Waals surface area contributed by atoms with E-state index in [9.17, 15) is 13.2 Å². The fourth-order valence-corrected chi connectivity index (χ4v) is 4.13. The Morgan fingerprint density at radius 1 is 1.09 bits per heavy atom. The fraction of sp³-hybridized carbons (Fsp3) is 0.318. The molecule has 3 aromatic rings. The molecule has 0 unspecified atom stereocenters. The summed E-state index contributed by atoms with van der Waals surface area (Å²) >= 11 is 0. The molecule has 10 heteroatoms. The summed E-state index contributed by atoms with van der Waals surface area (Å²) in [6.45, 7) is 2.44. The lowest BCUT2D eigenvalue weighted by molar-refractivity contribution is 0.102. The zero-order valence-corrected chi connectivity index (χ0v) is 19.1. The molecule has 0 saturated heterocycles. The molecule has 0 aliphatic carbocycles. The minimum Gasteiger partial charge on any atom is -0.497 e. The number of unbranched alkanes of at least 4 members (excludes halogenated alkanes) is 1. The van der Waals surface area contributed by atoms with Crippen molar-refractivity contribution >= 4 is 21.9 Å². The van der Waals surface area contributed by atoms with E-state index in [1.165, 1.54) is 28.6 Å². The van der Waals surface area contributed by atoms with Gasteiger partial charge in [0.05, 0.1) is 18.4 Å². The van der Waals surface area contributed by atoms with Gasteiger partial charge in [-0.25, -0.2) is 12.7 Å². The fourth-order valence-electron chi connectivity index (χ4n) is 2.92. The van der Waals surface area contributed by atoms with Crippen LogP contribution in [0.1, 0.15) is 41.6 Å². The van der Waals surface area contributed by atoms with Crippen molar-refractivity contribution < 1.29 is 22.4 Å². The highest BCUT2D eigenvalue weighted by atomic mass is 32.2. The molecule has 1 aromatic heterocycles. The van der Waals surface area contributed by atoms with Crippen LogP contribution in [-0.2, 0) is 16.4 Å². The van der Waals surface area contributed by atoms with Gasteiger partial charge < -0.3 is 9.15 Å². The number of methoxy groups -OCH3 is 1. The average molecular weight is 459 g/mol. The third-order valence-corrected chi connectivity index (χ3v) is 6.72. The number of hydrogen-bond donors (Lipinski definition) is 1. The predicted octanol–water partition coefficient (Wildman–Crippen LogP) is 3.34. The number of anilines is 1. The number of nitrogens with one attached hydrogen (secondary N) is 1. The Morgan fingerprint density at radius 2 is 1.78 bits per heavy atom. The van der Waals surface area contributed by atoms with Gasteiger partial charge in [-0.3, -0.25) is 10.1 Å². The van der Waals surface area contributed by atoms with Gasteiger partial charge in [-0.15, -0.1) is 5.10 Å². The molecule has 0 saturated carbocycles. The number of hydrogen-bond acceptors (Lipinski definition) is 7. The van der Waals surface area contributed by atoms with Gasteiger partial charge in [0.15, 0.2) is 0 Å². The Hall–Kier alpha value is -3.24. The van der Waals surface area contributed by atoms with E-state index in [0.717, 1.165) is 24.2 Å². The molecule has 0 radical (unpaired) electrons. The molecule has 3 rings (SSSR count). The van der Waals surface area contributed by atoms with Crippen molar-refractivity contribution in [3.05, 3.63) is 65.5 Å². The highest BCUT2D eigenvalue weighted by Crippen LogP contribution is 2.18. The average Bonchev–Trinajstić information content (AvgIpc) is 3.24. The number of carbonyl (C=O) groups excluding carboxylic acids is 1. The monoisotopic (exact) mass is 458 g/mol. The van der Waals surface area contributed by atoms with Gasteiger partial charge in [0.2, 0.25) is 15.9 Å². The summed E-state index contributed by atoms with van der Waals surface area (Å²) in [6, 6.07) is 13.1. The van der Waals surface area contributed by atoms with E-state index >= 15 is 0 Å². The molecule has 170 valence electrons. The third kappa shape index (κ3) is 5.71. The van der Waals surface area contributed by atoms with Gasteiger partial charge in [-0.05, 0) is 48.4 Å².